The van der Waals surface area contributed by atoms with E-state index in [0.717, 1.165) is 27.4 Å². The van der Waals surface area contributed by atoms with E-state index in [-0.39, 0.29) is 5.91 Å². The van der Waals surface area contributed by atoms with Crippen molar-refractivity contribution >= 4 is 29.3 Å². The van der Waals surface area contributed by atoms with Gasteiger partial charge in [-0.2, -0.15) is 5.10 Å². The van der Waals surface area contributed by atoms with Gasteiger partial charge in [-0.3, -0.25) is 9.48 Å². The van der Waals surface area contributed by atoms with Gasteiger partial charge in [0.05, 0.1) is 22.8 Å². The summed E-state index contributed by atoms with van der Waals surface area (Å²) in [6.45, 7) is 5.20. The van der Waals surface area contributed by atoms with Crippen LogP contribution < -0.4 is 5.32 Å². The van der Waals surface area contributed by atoms with Gasteiger partial charge in [-0.1, -0.05) is 35.9 Å². The second-order valence-electron chi connectivity index (χ2n) is 6.43. The number of carbonyl (C=O) groups is 1. The Bertz CT molecular complexity index is 968. The van der Waals surface area contributed by atoms with Crippen molar-refractivity contribution in [3.8, 4) is 0 Å². The molecular formula is C21H22ClN3OS. The minimum absolute atomic E-state index is 0.167. The average molecular weight is 400 g/mol. The number of carbonyl (C=O) groups excluding carboxylic acids is 1. The van der Waals surface area contributed by atoms with Crippen LogP contribution >= 0.6 is 23.4 Å². The summed E-state index contributed by atoms with van der Waals surface area (Å²) in [5, 5.41) is 7.93. The summed E-state index contributed by atoms with van der Waals surface area (Å²) in [4.78, 5) is 13.5. The molecule has 0 saturated heterocycles. The topological polar surface area (TPSA) is 46.9 Å². The number of rotatable bonds is 6. The minimum atomic E-state index is -0.167. The highest BCUT2D eigenvalue weighted by molar-refractivity contribution is 7.98. The summed E-state index contributed by atoms with van der Waals surface area (Å²) in [6.07, 6.45) is 1.97. The number of nitrogens with zero attached hydrogens (tertiary/aromatic N) is 2. The van der Waals surface area contributed by atoms with E-state index in [1.807, 2.05) is 42.1 Å². The molecule has 0 atom stereocenters. The number of hydrogen-bond donors (Lipinski definition) is 1. The van der Waals surface area contributed by atoms with E-state index in [0.29, 0.717) is 23.7 Å². The largest absolute Gasteiger partial charge is 0.348 e. The first kappa shape index (κ1) is 19.5. The van der Waals surface area contributed by atoms with Crippen LogP contribution in [0.15, 0.2) is 53.4 Å². The Balaban J connectivity index is 1.68. The molecule has 3 aromatic rings. The number of hydrogen-bond acceptors (Lipinski definition) is 3. The van der Waals surface area contributed by atoms with Crippen LogP contribution in [0, 0.1) is 13.8 Å². The lowest BCUT2D eigenvalue weighted by atomic mass is 10.1. The zero-order chi connectivity index (χ0) is 19.4. The highest BCUT2D eigenvalue weighted by atomic mass is 35.5. The van der Waals surface area contributed by atoms with E-state index in [2.05, 4.69) is 35.5 Å². The molecule has 27 heavy (non-hydrogen) atoms. The smallest absolute Gasteiger partial charge is 0.253 e. The van der Waals surface area contributed by atoms with Gasteiger partial charge in [-0.15, -0.1) is 11.8 Å². The van der Waals surface area contributed by atoms with Crippen molar-refractivity contribution in [1.29, 1.82) is 0 Å². The Kier molecular flexibility index (Phi) is 6.24. The molecule has 0 aliphatic carbocycles. The van der Waals surface area contributed by atoms with Crippen LogP contribution in [-0.2, 0) is 13.1 Å². The molecule has 1 amide bonds. The molecule has 6 heteroatoms. The predicted molar refractivity (Wildman–Crippen MR) is 112 cm³/mol. The fraction of sp³-hybridized carbons (Fsp3) is 0.238. The average Bonchev–Trinajstić information content (AvgIpc) is 2.97. The maximum absolute atomic E-state index is 12.5. The fourth-order valence-electron chi connectivity index (χ4n) is 2.93. The van der Waals surface area contributed by atoms with Gasteiger partial charge >= 0.3 is 0 Å². The van der Waals surface area contributed by atoms with E-state index in [1.165, 1.54) is 0 Å². The first-order valence-electron chi connectivity index (χ1n) is 8.67. The van der Waals surface area contributed by atoms with Gasteiger partial charge < -0.3 is 5.32 Å². The maximum atomic E-state index is 12.5. The molecule has 3 rings (SSSR count). The second-order valence-corrected chi connectivity index (χ2v) is 7.72. The lowest BCUT2D eigenvalue weighted by molar-refractivity contribution is 0.0951. The molecular weight excluding hydrogens is 378 g/mol. The highest BCUT2D eigenvalue weighted by Crippen LogP contribution is 2.23. The van der Waals surface area contributed by atoms with Gasteiger partial charge in [0.25, 0.3) is 5.91 Å². The summed E-state index contributed by atoms with van der Waals surface area (Å²) in [6, 6.07) is 15.7. The van der Waals surface area contributed by atoms with Gasteiger partial charge in [0.1, 0.15) is 0 Å². The number of thioether (sulfide) groups is 1. The van der Waals surface area contributed by atoms with E-state index in [4.69, 9.17) is 11.6 Å². The van der Waals surface area contributed by atoms with Crippen molar-refractivity contribution < 1.29 is 4.79 Å². The molecule has 0 bridgehead atoms. The van der Waals surface area contributed by atoms with Crippen LogP contribution in [0.25, 0.3) is 0 Å². The van der Waals surface area contributed by atoms with Crippen molar-refractivity contribution in [2.24, 2.45) is 0 Å². The van der Waals surface area contributed by atoms with Crippen molar-refractivity contribution in [2.75, 3.05) is 6.26 Å². The molecule has 0 saturated carbocycles. The number of halogens is 1. The Hall–Kier alpha value is -2.24. The van der Waals surface area contributed by atoms with Crippen LogP contribution in [0.5, 0.6) is 0 Å². The summed E-state index contributed by atoms with van der Waals surface area (Å²) < 4.78 is 1.99. The molecule has 140 valence electrons. The number of benzene rings is 2. The lowest BCUT2D eigenvalue weighted by Crippen LogP contribution is -2.23. The Morgan fingerprint density at radius 3 is 2.63 bits per heavy atom. The summed E-state index contributed by atoms with van der Waals surface area (Å²) >= 11 is 7.76. The van der Waals surface area contributed by atoms with E-state index >= 15 is 0 Å². The zero-order valence-corrected chi connectivity index (χ0v) is 17.2. The normalized spacial score (nSPS) is 10.8. The van der Waals surface area contributed by atoms with Gasteiger partial charge in [-0.25, -0.2) is 0 Å². The molecule has 0 fully saturated rings. The molecule has 0 unspecified atom stereocenters. The van der Waals surface area contributed by atoms with Gasteiger partial charge in [0.2, 0.25) is 0 Å². The Morgan fingerprint density at radius 1 is 1.15 bits per heavy atom. The van der Waals surface area contributed by atoms with Gasteiger partial charge in [-0.05, 0) is 55.5 Å². The van der Waals surface area contributed by atoms with Crippen molar-refractivity contribution in [3.05, 3.63) is 81.6 Å². The van der Waals surface area contributed by atoms with Crippen LogP contribution in [-0.4, -0.2) is 21.9 Å². The van der Waals surface area contributed by atoms with Gasteiger partial charge in [0.15, 0.2) is 0 Å². The highest BCUT2D eigenvalue weighted by Gasteiger charge is 2.11. The SMILES string of the molecule is CSc1ccc(Cl)c(C(=O)NCc2cccc(Cn3nc(C)cc3C)c2)c1. The summed E-state index contributed by atoms with van der Waals surface area (Å²) in [5.74, 6) is -0.167. The lowest BCUT2D eigenvalue weighted by Gasteiger charge is -2.10. The fourth-order valence-corrected chi connectivity index (χ4v) is 3.57. The third-order valence-corrected chi connectivity index (χ3v) is 5.35. The predicted octanol–water partition coefficient (Wildman–Crippen LogP) is 4.85. The number of nitrogens with one attached hydrogen (secondary N) is 1. The Morgan fingerprint density at radius 2 is 1.93 bits per heavy atom. The minimum Gasteiger partial charge on any atom is -0.348 e. The molecule has 0 aliphatic rings. The molecule has 1 heterocycles. The number of amides is 1. The van der Waals surface area contributed by atoms with E-state index < -0.39 is 0 Å². The van der Waals surface area contributed by atoms with Crippen LogP contribution in [0.4, 0.5) is 0 Å². The molecule has 2 aromatic carbocycles. The van der Waals surface area contributed by atoms with E-state index in [1.54, 1.807) is 17.8 Å². The monoisotopic (exact) mass is 399 g/mol. The second kappa shape index (κ2) is 8.63. The van der Waals surface area contributed by atoms with Crippen molar-refractivity contribution in [2.45, 2.75) is 31.8 Å². The molecule has 0 spiro atoms. The maximum Gasteiger partial charge on any atom is 0.253 e. The molecule has 0 radical (unpaired) electrons. The molecule has 1 aromatic heterocycles. The third kappa shape index (κ3) is 4.93. The molecule has 4 nitrogen and oxygen atoms in total. The number of aryl methyl sites for hydroxylation is 2. The standard InChI is InChI=1S/C21H22ClN3OS/c1-14-9-15(2)25(24-14)13-17-6-4-5-16(10-17)12-23-21(26)19-11-18(27-3)7-8-20(19)22/h4-11H,12-13H2,1-3H3,(H,23,26). The summed E-state index contributed by atoms with van der Waals surface area (Å²) in [7, 11) is 0. The number of aromatic nitrogens is 2. The zero-order valence-electron chi connectivity index (χ0n) is 15.6. The van der Waals surface area contributed by atoms with Crippen LogP contribution in [0.2, 0.25) is 5.02 Å². The van der Waals surface area contributed by atoms with Gasteiger partial charge in [0, 0.05) is 17.1 Å². The van der Waals surface area contributed by atoms with Crippen LogP contribution in [0.1, 0.15) is 32.9 Å². The van der Waals surface area contributed by atoms with E-state index in [9.17, 15) is 4.79 Å². The molecule has 1 N–H and O–H groups in total. The first-order valence-corrected chi connectivity index (χ1v) is 10.3. The third-order valence-electron chi connectivity index (χ3n) is 4.30. The Labute approximate surface area is 168 Å². The van der Waals surface area contributed by atoms with Crippen molar-refractivity contribution in [1.82, 2.24) is 15.1 Å². The molecule has 0 aliphatic heterocycles. The van der Waals surface area contributed by atoms with Crippen molar-refractivity contribution in [3.63, 3.8) is 0 Å². The summed E-state index contributed by atoms with van der Waals surface area (Å²) in [5.41, 5.74) is 4.84. The van der Waals surface area contributed by atoms with Crippen LogP contribution in [0.3, 0.4) is 0 Å². The first-order chi connectivity index (χ1) is 13.0. The quantitative estimate of drug-likeness (QED) is 0.602.